The summed E-state index contributed by atoms with van der Waals surface area (Å²) in [5.41, 5.74) is 26.5. The second-order valence-corrected chi connectivity index (χ2v) is 32.4. The van der Waals surface area contributed by atoms with Gasteiger partial charge in [0, 0.05) is 134 Å². The molecule has 16 aromatic heterocycles. The van der Waals surface area contributed by atoms with Crippen LogP contribution in [0.4, 0.5) is 0 Å². The molecule has 0 radical (unpaired) electrons. The Morgan fingerprint density at radius 1 is 0.303 bits per heavy atom. The Morgan fingerprint density at radius 2 is 0.714 bits per heavy atom. The highest BCUT2D eigenvalue weighted by Crippen LogP contribution is 2.46. The molecule has 20 heteroatoms. The molecule has 4 fully saturated rings. The number of likely N-dealkylation sites (tertiary alicyclic amines) is 4. The predicted molar refractivity (Wildman–Crippen MR) is 470 cm³/mol. The van der Waals surface area contributed by atoms with E-state index in [-0.39, 0.29) is 12.1 Å². The molecule has 8 atom stereocenters. The summed E-state index contributed by atoms with van der Waals surface area (Å²) in [6.45, 7) is 9.60. The van der Waals surface area contributed by atoms with E-state index in [4.69, 9.17) is 39.9 Å². The minimum atomic E-state index is 0.286. The fourth-order valence-electron chi connectivity index (χ4n) is 18.9. The Labute approximate surface area is 698 Å². The Balaban J connectivity index is 0.000000113. The first-order valence-corrected chi connectivity index (χ1v) is 42.5. The molecule has 4 saturated heterocycles. The van der Waals surface area contributed by atoms with Crippen molar-refractivity contribution in [2.24, 2.45) is 0 Å². The van der Waals surface area contributed by atoms with Crippen molar-refractivity contribution in [3.63, 3.8) is 0 Å². The molecule has 20 nitrogen and oxygen atoms in total. The van der Waals surface area contributed by atoms with Gasteiger partial charge in [-0.2, -0.15) is 0 Å². The van der Waals surface area contributed by atoms with Gasteiger partial charge in [0.2, 0.25) is 0 Å². The molecule has 119 heavy (non-hydrogen) atoms. The number of fused-ring (bicyclic) bond motifs is 4. The number of aryl methyl sites for hydroxylation is 6. The lowest BCUT2D eigenvalue weighted by Gasteiger charge is -2.41. The van der Waals surface area contributed by atoms with Gasteiger partial charge in [-0.15, -0.1) is 0 Å². The van der Waals surface area contributed by atoms with E-state index in [1.807, 2.05) is 116 Å². The van der Waals surface area contributed by atoms with E-state index in [1.165, 1.54) is 76.4 Å². The van der Waals surface area contributed by atoms with Crippen LogP contribution in [0.15, 0.2) is 275 Å². The number of aromatic nitrogens is 16. The minimum Gasteiger partial charge on any atom is -0.307 e. The van der Waals surface area contributed by atoms with E-state index in [0.717, 1.165) is 156 Å². The van der Waals surface area contributed by atoms with E-state index < -0.39 is 0 Å². The molecule has 0 spiro atoms. The Hall–Kier alpha value is -12.2. The maximum atomic E-state index is 5.04. The number of piperidine rings is 4. The number of nitrogens with zero attached hydrogens (tertiary/aromatic N) is 20. The third kappa shape index (κ3) is 17.6. The molecule has 20 heterocycles. The Kier molecular flexibility index (Phi) is 24.5. The molecular formula is C99H106N20. The van der Waals surface area contributed by atoms with Crippen molar-refractivity contribution in [3.05, 3.63) is 360 Å². The van der Waals surface area contributed by atoms with E-state index >= 15 is 0 Å². The zero-order valence-electron chi connectivity index (χ0n) is 69.4. The van der Waals surface area contributed by atoms with Crippen molar-refractivity contribution in [3.8, 4) is 22.5 Å². The summed E-state index contributed by atoms with van der Waals surface area (Å²) in [4.78, 5) is 66.4. The zero-order valence-corrected chi connectivity index (χ0v) is 69.4. The largest absolute Gasteiger partial charge is 0.307 e. The quantitative estimate of drug-likeness (QED) is 0.0888. The molecule has 16 aromatic rings. The third-order valence-corrected chi connectivity index (χ3v) is 25.0. The predicted octanol–water partition coefficient (Wildman–Crippen LogP) is 20.1. The topological polar surface area (TPSA) is 185 Å². The average molecular weight is 1580 g/mol. The summed E-state index contributed by atoms with van der Waals surface area (Å²) < 4.78 is 8.79. The first kappa shape index (κ1) is 79.3. The maximum Gasteiger partial charge on any atom is 0.137 e. The van der Waals surface area contributed by atoms with E-state index in [0.29, 0.717) is 36.3 Å². The smallest absolute Gasteiger partial charge is 0.137 e. The highest BCUT2D eigenvalue weighted by molar-refractivity contribution is 5.64. The summed E-state index contributed by atoms with van der Waals surface area (Å²) in [7, 11) is 6.67. The van der Waals surface area contributed by atoms with Gasteiger partial charge in [0.25, 0.3) is 0 Å². The van der Waals surface area contributed by atoms with Gasteiger partial charge >= 0.3 is 0 Å². The van der Waals surface area contributed by atoms with Crippen LogP contribution in [-0.2, 0) is 19.3 Å². The standard InChI is InChI=1S/C26H29N5.C25H27N5.2C24H25N5/c1-19-8-7-17-28-26(19)24-12-6-11-23(30(24)2)22-18-31-21(10-5-13-25(31)29-22)15-14-20-9-3-4-16-27-20;1-19-8-7-15-27-25(19)23-11-6-10-22(21-18-29-16-5-3-12-24(29)28-21)30(23)17-13-20-9-2-4-14-26-20;1-17-7-5-14-26-24(17)22-11-3-10-21(28(22)2)19-16-29-20(9-4-12-23(29)27-19)18-8-6-13-25-15-18;1-17-6-5-13-26-24(17)22-9-3-8-21(28(22)2)19-16-29-20(7-4-10-23(29)27-19)18-11-14-25-15-12-18/h3-5,7-10,13,16-18,23-24H,6,11-12,14-15H2,1-2H3;2-5,7-9,12,14-16,18,22-23H,6,10-11,13,17H2,1H3;4-9,12-16,21-22H,3,10-11H2,1-2H3;4-7,10-16,21-22H,3,8-9H2,1-2H3/t23-,24+;22-,23+;2*21-,22+/m1111/s1. The van der Waals surface area contributed by atoms with Crippen molar-refractivity contribution < 1.29 is 0 Å². The second kappa shape index (κ2) is 36.8. The van der Waals surface area contributed by atoms with Crippen molar-refractivity contribution in [2.45, 2.75) is 172 Å². The van der Waals surface area contributed by atoms with Crippen LogP contribution in [0.1, 0.15) is 210 Å². The normalized spacial score (nSPS) is 20.0. The highest BCUT2D eigenvalue weighted by atomic mass is 15.2. The highest BCUT2D eigenvalue weighted by Gasteiger charge is 2.38. The molecule has 0 N–H and O–H groups in total. The van der Waals surface area contributed by atoms with Gasteiger partial charge in [0.1, 0.15) is 22.6 Å². The summed E-state index contributed by atoms with van der Waals surface area (Å²) in [6.07, 6.45) is 46.3. The molecule has 0 amide bonds. The number of pyridine rings is 12. The fraction of sp³-hybridized carbons (Fsp3) is 0.313. The van der Waals surface area contributed by atoms with Gasteiger partial charge in [-0.25, -0.2) is 19.9 Å². The van der Waals surface area contributed by atoms with Gasteiger partial charge in [-0.1, -0.05) is 60.7 Å². The summed E-state index contributed by atoms with van der Waals surface area (Å²) in [5, 5.41) is 0. The first-order valence-electron chi connectivity index (χ1n) is 42.5. The summed E-state index contributed by atoms with van der Waals surface area (Å²) >= 11 is 0. The average Bonchev–Trinajstić information content (AvgIpc) is 1.52. The van der Waals surface area contributed by atoms with Crippen LogP contribution in [0.3, 0.4) is 0 Å². The van der Waals surface area contributed by atoms with Crippen molar-refractivity contribution in [1.29, 1.82) is 0 Å². The van der Waals surface area contributed by atoms with E-state index in [9.17, 15) is 0 Å². The molecule has 4 aliphatic rings. The van der Waals surface area contributed by atoms with E-state index in [2.05, 4.69) is 258 Å². The second-order valence-electron chi connectivity index (χ2n) is 32.4. The fourth-order valence-corrected chi connectivity index (χ4v) is 18.9. The van der Waals surface area contributed by atoms with Gasteiger partial charge < -0.3 is 8.80 Å². The number of imidazole rings is 4. The minimum absolute atomic E-state index is 0.286. The van der Waals surface area contributed by atoms with Gasteiger partial charge in [-0.05, 0) is 282 Å². The van der Waals surface area contributed by atoms with Crippen molar-refractivity contribution >= 4 is 22.6 Å². The monoisotopic (exact) mass is 1570 g/mol. The van der Waals surface area contributed by atoms with Gasteiger partial charge in [0.15, 0.2) is 0 Å². The molecule has 0 aliphatic carbocycles. The number of hydrogen-bond donors (Lipinski definition) is 0. The first-order chi connectivity index (χ1) is 58.4. The SMILES string of the molecule is Cc1cccnc1[C@@H]1CCC[C@H](c2cn3c(-c4cccnc4)cccc3n2)N1C.Cc1cccnc1[C@@H]1CCC[C@H](c2cn3c(-c4ccncc4)cccc3n2)N1C.Cc1cccnc1[C@@H]1CCC[C@H](c2cn3c(CCc4ccccn4)cccc3n2)N1C.Cc1cccnc1[C@@H]1CCC[C@H](c2cn3ccccc3n2)N1CCc1ccccn1. The van der Waals surface area contributed by atoms with Crippen molar-refractivity contribution in [1.82, 2.24) is 97.0 Å². The van der Waals surface area contributed by atoms with Gasteiger partial charge in [0.05, 0.1) is 105 Å². The van der Waals surface area contributed by atoms with Crippen LogP contribution < -0.4 is 0 Å². The zero-order chi connectivity index (χ0) is 81.1. The van der Waals surface area contributed by atoms with Crippen LogP contribution in [0.25, 0.3) is 45.1 Å². The molecule has 602 valence electrons. The van der Waals surface area contributed by atoms with Crippen LogP contribution in [0.2, 0.25) is 0 Å². The lowest BCUT2D eigenvalue weighted by molar-refractivity contribution is 0.0779. The molecule has 4 aliphatic heterocycles. The Bertz CT molecular complexity index is 5810. The lowest BCUT2D eigenvalue weighted by atomic mass is 9.90. The van der Waals surface area contributed by atoms with Crippen LogP contribution >= 0.6 is 0 Å². The Morgan fingerprint density at radius 3 is 1.20 bits per heavy atom. The van der Waals surface area contributed by atoms with Crippen LogP contribution in [0.5, 0.6) is 0 Å². The van der Waals surface area contributed by atoms with Crippen LogP contribution in [0, 0.1) is 27.7 Å². The summed E-state index contributed by atoms with van der Waals surface area (Å²) in [6, 6.07) is 64.8. The molecule has 0 aromatic carbocycles. The number of rotatable bonds is 16. The van der Waals surface area contributed by atoms with Crippen molar-refractivity contribution in [2.75, 3.05) is 27.7 Å². The molecule has 20 rings (SSSR count). The van der Waals surface area contributed by atoms with Gasteiger partial charge in [-0.3, -0.25) is 68.3 Å². The van der Waals surface area contributed by atoms with Crippen LogP contribution in [-0.4, -0.2) is 125 Å². The van der Waals surface area contributed by atoms with E-state index in [1.54, 1.807) is 6.20 Å². The third-order valence-electron chi connectivity index (χ3n) is 25.0. The molecule has 0 saturated carbocycles. The molecular weight excluding hydrogens is 1470 g/mol. The molecule has 0 bridgehead atoms. The maximum absolute atomic E-state index is 5.04. The summed E-state index contributed by atoms with van der Waals surface area (Å²) in [5.74, 6) is 0. The number of hydrogen-bond acceptors (Lipinski definition) is 16. The lowest BCUT2D eigenvalue weighted by Crippen LogP contribution is -2.38. The molecule has 0 unspecified atom stereocenters.